The zero-order chi connectivity index (χ0) is 12.3. The van der Waals surface area contributed by atoms with Crippen molar-refractivity contribution in [3.8, 4) is 0 Å². The third-order valence-corrected chi connectivity index (χ3v) is 3.90. The first-order chi connectivity index (χ1) is 8.33. The maximum absolute atomic E-state index is 9.11. The Labute approximate surface area is 107 Å². The Morgan fingerprint density at radius 3 is 1.71 bits per heavy atom. The summed E-state index contributed by atoms with van der Waals surface area (Å²) in [5, 5.41) is 12.7. The molecule has 0 aliphatic heterocycles. The number of rotatable bonds is 3. The smallest absolute Gasteiger partial charge is 0.0582 e. The van der Waals surface area contributed by atoms with E-state index in [9.17, 15) is 0 Å². The lowest BCUT2D eigenvalue weighted by atomic mass is 9.97. The molecule has 1 aliphatic carbocycles. The minimum absolute atomic E-state index is 0.257. The molecule has 0 aromatic carbocycles. The van der Waals surface area contributed by atoms with Crippen LogP contribution in [0.15, 0.2) is 0 Å². The van der Waals surface area contributed by atoms with Crippen molar-refractivity contribution in [2.24, 2.45) is 0 Å². The van der Waals surface area contributed by atoms with Gasteiger partial charge in [0.1, 0.15) is 0 Å². The molecule has 1 fully saturated rings. The SMILES string of the molecule is CC(CO)NC1CCCCCCCCCCC1. The van der Waals surface area contributed by atoms with E-state index in [2.05, 4.69) is 12.2 Å². The molecular weight excluding hydrogens is 210 g/mol. The molecule has 0 aromatic rings. The van der Waals surface area contributed by atoms with Crippen molar-refractivity contribution in [1.29, 1.82) is 0 Å². The van der Waals surface area contributed by atoms with Crippen LogP contribution >= 0.6 is 0 Å². The number of aliphatic hydroxyl groups is 1. The molecule has 0 saturated heterocycles. The van der Waals surface area contributed by atoms with Gasteiger partial charge in [-0.25, -0.2) is 0 Å². The van der Waals surface area contributed by atoms with Gasteiger partial charge in [-0.2, -0.15) is 0 Å². The molecule has 0 radical (unpaired) electrons. The van der Waals surface area contributed by atoms with Gasteiger partial charge in [0.05, 0.1) is 6.61 Å². The van der Waals surface area contributed by atoms with Crippen molar-refractivity contribution in [2.45, 2.75) is 89.6 Å². The van der Waals surface area contributed by atoms with Gasteiger partial charge in [-0.15, -0.1) is 0 Å². The molecule has 1 saturated carbocycles. The van der Waals surface area contributed by atoms with Crippen LogP contribution in [0.3, 0.4) is 0 Å². The minimum Gasteiger partial charge on any atom is -0.395 e. The molecular formula is C15H31NO. The third kappa shape index (κ3) is 7.77. The molecule has 2 nitrogen and oxygen atoms in total. The van der Waals surface area contributed by atoms with E-state index in [-0.39, 0.29) is 12.6 Å². The lowest BCUT2D eigenvalue weighted by Gasteiger charge is -2.22. The number of hydrogen-bond donors (Lipinski definition) is 2. The Balaban J connectivity index is 2.26. The van der Waals surface area contributed by atoms with Crippen LogP contribution < -0.4 is 5.32 Å². The molecule has 1 unspecified atom stereocenters. The Kier molecular flexibility index (Phi) is 8.72. The van der Waals surface area contributed by atoms with Gasteiger partial charge in [-0.05, 0) is 19.8 Å². The van der Waals surface area contributed by atoms with Crippen molar-refractivity contribution in [3.05, 3.63) is 0 Å². The van der Waals surface area contributed by atoms with Gasteiger partial charge in [-0.3, -0.25) is 0 Å². The topological polar surface area (TPSA) is 32.3 Å². The largest absolute Gasteiger partial charge is 0.395 e. The molecule has 1 aliphatic rings. The van der Waals surface area contributed by atoms with Gasteiger partial charge in [0.2, 0.25) is 0 Å². The van der Waals surface area contributed by atoms with Crippen LogP contribution in [0.5, 0.6) is 0 Å². The molecule has 2 N–H and O–H groups in total. The normalized spacial score (nSPS) is 23.6. The van der Waals surface area contributed by atoms with E-state index in [0.717, 1.165) is 0 Å². The standard InChI is InChI=1S/C15H31NO/c1-14(13-17)16-15-11-9-7-5-3-2-4-6-8-10-12-15/h14-17H,2-13H2,1H3. The number of hydrogen-bond acceptors (Lipinski definition) is 2. The van der Waals surface area contributed by atoms with E-state index >= 15 is 0 Å². The molecule has 1 atom stereocenters. The van der Waals surface area contributed by atoms with Crippen LogP contribution in [-0.2, 0) is 0 Å². The highest BCUT2D eigenvalue weighted by Gasteiger charge is 2.11. The highest BCUT2D eigenvalue weighted by atomic mass is 16.3. The summed E-state index contributed by atoms with van der Waals surface area (Å²) in [5.41, 5.74) is 0. The second-order valence-electron chi connectivity index (χ2n) is 5.71. The van der Waals surface area contributed by atoms with Gasteiger partial charge < -0.3 is 10.4 Å². The average molecular weight is 241 g/mol. The summed E-state index contributed by atoms with van der Waals surface area (Å²) in [5.74, 6) is 0. The zero-order valence-electron chi connectivity index (χ0n) is 11.6. The molecule has 102 valence electrons. The van der Waals surface area contributed by atoms with E-state index in [0.29, 0.717) is 6.04 Å². The van der Waals surface area contributed by atoms with Crippen LogP contribution in [-0.4, -0.2) is 23.8 Å². The van der Waals surface area contributed by atoms with Crippen LogP contribution in [0.25, 0.3) is 0 Å². The van der Waals surface area contributed by atoms with Crippen molar-refractivity contribution in [2.75, 3.05) is 6.61 Å². The first kappa shape index (κ1) is 15.0. The fraction of sp³-hybridized carbons (Fsp3) is 1.00. The predicted octanol–water partition coefficient (Wildman–Crippen LogP) is 3.63. The second kappa shape index (κ2) is 9.90. The van der Waals surface area contributed by atoms with Crippen LogP contribution in [0.2, 0.25) is 0 Å². The Morgan fingerprint density at radius 2 is 1.29 bits per heavy atom. The quantitative estimate of drug-likeness (QED) is 0.791. The maximum atomic E-state index is 9.11. The molecule has 0 amide bonds. The van der Waals surface area contributed by atoms with E-state index in [4.69, 9.17) is 5.11 Å². The molecule has 2 heteroatoms. The van der Waals surface area contributed by atoms with Crippen molar-refractivity contribution in [1.82, 2.24) is 5.32 Å². The number of nitrogens with one attached hydrogen (secondary N) is 1. The lowest BCUT2D eigenvalue weighted by molar-refractivity contribution is 0.233. The first-order valence-corrected chi connectivity index (χ1v) is 7.70. The van der Waals surface area contributed by atoms with Gasteiger partial charge in [-0.1, -0.05) is 57.8 Å². The number of aliphatic hydroxyl groups excluding tert-OH is 1. The first-order valence-electron chi connectivity index (χ1n) is 7.70. The highest BCUT2D eigenvalue weighted by molar-refractivity contribution is 4.71. The zero-order valence-corrected chi connectivity index (χ0v) is 11.6. The summed E-state index contributed by atoms with van der Waals surface area (Å²) < 4.78 is 0. The summed E-state index contributed by atoms with van der Waals surface area (Å²) in [4.78, 5) is 0. The van der Waals surface area contributed by atoms with E-state index in [1.165, 1.54) is 70.6 Å². The van der Waals surface area contributed by atoms with Crippen LogP contribution in [0.1, 0.15) is 77.6 Å². The van der Waals surface area contributed by atoms with E-state index < -0.39 is 0 Å². The average Bonchev–Trinajstić information content (AvgIpc) is 2.32. The summed E-state index contributed by atoms with van der Waals surface area (Å²) in [6, 6.07) is 0.893. The minimum atomic E-state index is 0.257. The Morgan fingerprint density at radius 1 is 0.882 bits per heavy atom. The lowest BCUT2D eigenvalue weighted by Crippen LogP contribution is -2.38. The molecule has 0 aromatic heterocycles. The molecule has 0 bridgehead atoms. The summed E-state index contributed by atoms with van der Waals surface area (Å²) in [7, 11) is 0. The van der Waals surface area contributed by atoms with Gasteiger partial charge in [0, 0.05) is 12.1 Å². The van der Waals surface area contributed by atoms with Crippen molar-refractivity contribution >= 4 is 0 Å². The fourth-order valence-electron chi connectivity index (χ4n) is 2.78. The van der Waals surface area contributed by atoms with E-state index in [1.54, 1.807) is 0 Å². The summed E-state index contributed by atoms with van der Waals surface area (Å²) >= 11 is 0. The molecule has 1 rings (SSSR count). The third-order valence-electron chi connectivity index (χ3n) is 3.90. The predicted molar refractivity (Wildman–Crippen MR) is 74.3 cm³/mol. The maximum Gasteiger partial charge on any atom is 0.0582 e. The molecule has 17 heavy (non-hydrogen) atoms. The van der Waals surface area contributed by atoms with Crippen LogP contribution in [0, 0.1) is 0 Å². The van der Waals surface area contributed by atoms with E-state index in [1.807, 2.05) is 0 Å². The van der Waals surface area contributed by atoms with Crippen molar-refractivity contribution in [3.63, 3.8) is 0 Å². The fourth-order valence-corrected chi connectivity index (χ4v) is 2.78. The van der Waals surface area contributed by atoms with Gasteiger partial charge >= 0.3 is 0 Å². The van der Waals surface area contributed by atoms with Crippen LogP contribution in [0.4, 0.5) is 0 Å². The monoisotopic (exact) mass is 241 g/mol. The molecule has 0 spiro atoms. The van der Waals surface area contributed by atoms with Gasteiger partial charge in [0.15, 0.2) is 0 Å². The second-order valence-corrected chi connectivity index (χ2v) is 5.71. The van der Waals surface area contributed by atoms with Gasteiger partial charge in [0.25, 0.3) is 0 Å². The Hall–Kier alpha value is -0.0800. The highest BCUT2D eigenvalue weighted by Crippen LogP contribution is 2.17. The summed E-state index contributed by atoms with van der Waals surface area (Å²) in [6.45, 7) is 2.34. The van der Waals surface area contributed by atoms with Crippen molar-refractivity contribution < 1.29 is 5.11 Å². The molecule has 0 heterocycles. The Bertz CT molecular complexity index is 160. The summed E-state index contributed by atoms with van der Waals surface area (Å²) in [6.07, 6.45) is 15.3.